The lowest BCUT2D eigenvalue weighted by Gasteiger charge is -2.06. The molecule has 0 fully saturated rings. The van der Waals surface area contributed by atoms with E-state index >= 15 is 0 Å². The summed E-state index contributed by atoms with van der Waals surface area (Å²) in [5.41, 5.74) is 8.98. The van der Waals surface area contributed by atoms with Crippen molar-refractivity contribution in [2.45, 2.75) is 13.8 Å². The average molecular weight is 223 g/mol. The van der Waals surface area contributed by atoms with Crippen molar-refractivity contribution in [1.82, 2.24) is 14.4 Å². The molecular formula is C10H11ClN4. The topological polar surface area (TPSA) is 56.2 Å². The minimum absolute atomic E-state index is 0.368. The Hall–Kier alpha value is -1.55. The minimum Gasteiger partial charge on any atom is -0.397 e. The van der Waals surface area contributed by atoms with Crippen molar-refractivity contribution in [2.75, 3.05) is 0 Å². The van der Waals surface area contributed by atoms with Gasteiger partial charge in [0.2, 0.25) is 0 Å². The number of aromatic nitrogens is 3. The molecule has 0 aliphatic carbocycles. The molecule has 0 bridgehead atoms. The van der Waals surface area contributed by atoms with Crippen molar-refractivity contribution in [2.24, 2.45) is 5.73 Å². The average Bonchev–Trinajstić information content (AvgIpc) is 2.53. The maximum Gasteiger partial charge on any atom is 0.165 e. The summed E-state index contributed by atoms with van der Waals surface area (Å²) < 4.78 is 1.87. The van der Waals surface area contributed by atoms with Gasteiger partial charge in [0.15, 0.2) is 5.65 Å². The van der Waals surface area contributed by atoms with E-state index in [0.717, 1.165) is 11.4 Å². The van der Waals surface area contributed by atoms with Crippen LogP contribution in [0.3, 0.4) is 0 Å². The lowest BCUT2D eigenvalue weighted by atomic mass is 10.3. The molecule has 0 saturated heterocycles. The van der Waals surface area contributed by atoms with Gasteiger partial charge in [0.1, 0.15) is 10.8 Å². The lowest BCUT2D eigenvalue weighted by molar-refractivity contribution is 1.03. The van der Waals surface area contributed by atoms with Crippen LogP contribution in [-0.2, 0) is 0 Å². The standard InChI is InChI=1S/C10H11ClN4/c1-5-4-15-7(3)9(11)14-8(6(2)12)10(15)13-5/h4H,2,12H2,1,3H3. The van der Waals surface area contributed by atoms with Gasteiger partial charge in [-0.05, 0) is 13.8 Å². The minimum atomic E-state index is 0.368. The Labute approximate surface area is 92.4 Å². The van der Waals surface area contributed by atoms with Gasteiger partial charge >= 0.3 is 0 Å². The number of rotatable bonds is 1. The maximum absolute atomic E-state index is 5.99. The second kappa shape index (κ2) is 3.24. The summed E-state index contributed by atoms with van der Waals surface area (Å²) in [5, 5.41) is 0.418. The first kappa shape index (κ1) is 9.98. The highest BCUT2D eigenvalue weighted by Crippen LogP contribution is 2.20. The largest absolute Gasteiger partial charge is 0.397 e. The first-order valence-electron chi connectivity index (χ1n) is 4.47. The van der Waals surface area contributed by atoms with Crippen LogP contribution in [0.2, 0.25) is 5.15 Å². The highest BCUT2D eigenvalue weighted by molar-refractivity contribution is 6.30. The molecule has 0 spiro atoms. The van der Waals surface area contributed by atoms with Crippen LogP contribution < -0.4 is 5.73 Å². The fraction of sp³-hybridized carbons (Fsp3) is 0.200. The van der Waals surface area contributed by atoms with Crippen LogP contribution in [0.1, 0.15) is 17.1 Å². The molecule has 0 aliphatic heterocycles. The van der Waals surface area contributed by atoms with E-state index in [-0.39, 0.29) is 0 Å². The number of halogens is 1. The Morgan fingerprint density at radius 1 is 1.47 bits per heavy atom. The summed E-state index contributed by atoms with van der Waals surface area (Å²) in [7, 11) is 0. The number of hydrogen-bond acceptors (Lipinski definition) is 3. The third kappa shape index (κ3) is 1.47. The molecule has 0 amide bonds. The molecule has 0 radical (unpaired) electrons. The molecule has 2 aromatic rings. The van der Waals surface area contributed by atoms with Crippen molar-refractivity contribution in [3.05, 3.63) is 35.0 Å². The smallest absolute Gasteiger partial charge is 0.165 e. The number of nitrogens with zero attached hydrogens (tertiary/aromatic N) is 3. The summed E-state index contributed by atoms with van der Waals surface area (Å²) in [6.07, 6.45) is 1.89. The normalized spacial score (nSPS) is 10.9. The van der Waals surface area contributed by atoms with Crippen LogP contribution in [-0.4, -0.2) is 14.4 Å². The van der Waals surface area contributed by atoms with Crippen LogP contribution in [0.25, 0.3) is 11.3 Å². The third-order valence-electron chi connectivity index (χ3n) is 2.21. The van der Waals surface area contributed by atoms with Gasteiger partial charge in [-0.25, -0.2) is 9.97 Å². The monoisotopic (exact) mass is 222 g/mol. The summed E-state index contributed by atoms with van der Waals surface area (Å²) in [6.45, 7) is 7.45. The van der Waals surface area contributed by atoms with Crippen molar-refractivity contribution >= 4 is 22.9 Å². The van der Waals surface area contributed by atoms with E-state index in [1.807, 2.05) is 24.4 Å². The van der Waals surface area contributed by atoms with E-state index in [4.69, 9.17) is 17.3 Å². The Morgan fingerprint density at radius 3 is 2.73 bits per heavy atom. The molecule has 0 aromatic carbocycles. The molecular weight excluding hydrogens is 212 g/mol. The van der Waals surface area contributed by atoms with E-state index < -0.39 is 0 Å². The zero-order chi connectivity index (χ0) is 11.2. The number of imidazole rings is 1. The fourth-order valence-corrected chi connectivity index (χ4v) is 1.64. The van der Waals surface area contributed by atoms with Gasteiger partial charge in [-0.1, -0.05) is 18.2 Å². The van der Waals surface area contributed by atoms with Crippen molar-refractivity contribution in [3.8, 4) is 0 Å². The van der Waals surface area contributed by atoms with Crippen LogP contribution in [0, 0.1) is 13.8 Å². The van der Waals surface area contributed by atoms with Gasteiger partial charge in [-0.3, -0.25) is 4.40 Å². The summed E-state index contributed by atoms with van der Waals surface area (Å²) in [5.74, 6) is 0. The Bertz CT molecular complexity index is 556. The number of fused-ring (bicyclic) bond motifs is 1. The highest BCUT2D eigenvalue weighted by Gasteiger charge is 2.12. The molecule has 0 aliphatic rings. The SMILES string of the molecule is C=C(N)c1nc(Cl)c(C)n2cc(C)nc12. The van der Waals surface area contributed by atoms with Crippen LogP contribution in [0.15, 0.2) is 12.8 Å². The summed E-state index contributed by atoms with van der Waals surface area (Å²) in [4.78, 5) is 8.51. The molecule has 2 N–H and O–H groups in total. The zero-order valence-corrected chi connectivity index (χ0v) is 9.34. The van der Waals surface area contributed by atoms with Gasteiger partial charge in [0.25, 0.3) is 0 Å². The van der Waals surface area contributed by atoms with Gasteiger partial charge in [0, 0.05) is 6.20 Å². The Balaban J connectivity index is 2.93. The molecule has 2 aromatic heterocycles. The van der Waals surface area contributed by atoms with E-state index in [2.05, 4.69) is 16.5 Å². The van der Waals surface area contributed by atoms with Crippen molar-refractivity contribution in [1.29, 1.82) is 0 Å². The molecule has 78 valence electrons. The van der Waals surface area contributed by atoms with E-state index in [0.29, 0.717) is 22.2 Å². The van der Waals surface area contributed by atoms with E-state index in [9.17, 15) is 0 Å². The number of nitrogens with two attached hydrogens (primary N) is 1. The molecule has 15 heavy (non-hydrogen) atoms. The second-order valence-electron chi connectivity index (χ2n) is 3.44. The molecule has 4 nitrogen and oxygen atoms in total. The molecule has 0 unspecified atom stereocenters. The van der Waals surface area contributed by atoms with Gasteiger partial charge in [-0.2, -0.15) is 0 Å². The molecule has 0 atom stereocenters. The van der Waals surface area contributed by atoms with E-state index in [1.54, 1.807) is 0 Å². The predicted molar refractivity (Wildman–Crippen MR) is 60.7 cm³/mol. The molecule has 2 heterocycles. The fourth-order valence-electron chi connectivity index (χ4n) is 1.46. The van der Waals surface area contributed by atoms with Crippen molar-refractivity contribution < 1.29 is 0 Å². The van der Waals surface area contributed by atoms with Crippen LogP contribution in [0.4, 0.5) is 0 Å². The highest BCUT2D eigenvalue weighted by atomic mass is 35.5. The number of aryl methyl sites for hydroxylation is 2. The third-order valence-corrected chi connectivity index (χ3v) is 2.57. The first-order chi connectivity index (χ1) is 7.00. The van der Waals surface area contributed by atoms with Gasteiger partial charge in [0.05, 0.1) is 17.1 Å². The van der Waals surface area contributed by atoms with E-state index in [1.165, 1.54) is 0 Å². The second-order valence-corrected chi connectivity index (χ2v) is 3.80. The first-order valence-corrected chi connectivity index (χ1v) is 4.85. The van der Waals surface area contributed by atoms with Crippen molar-refractivity contribution in [3.63, 3.8) is 0 Å². The van der Waals surface area contributed by atoms with Crippen LogP contribution in [0.5, 0.6) is 0 Å². The lowest BCUT2D eigenvalue weighted by Crippen LogP contribution is -2.04. The molecule has 0 saturated carbocycles. The summed E-state index contributed by atoms with van der Waals surface area (Å²) >= 11 is 5.99. The maximum atomic E-state index is 5.99. The molecule has 5 heteroatoms. The summed E-state index contributed by atoms with van der Waals surface area (Å²) in [6, 6.07) is 0. The quantitative estimate of drug-likeness (QED) is 0.802. The predicted octanol–water partition coefficient (Wildman–Crippen LogP) is 1.93. The van der Waals surface area contributed by atoms with Gasteiger partial charge < -0.3 is 5.73 Å². The molecule has 2 rings (SSSR count). The van der Waals surface area contributed by atoms with Crippen LogP contribution >= 0.6 is 11.6 Å². The van der Waals surface area contributed by atoms with Gasteiger partial charge in [-0.15, -0.1) is 0 Å². The Kier molecular flexibility index (Phi) is 2.16. The Morgan fingerprint density at radius 2 is 2.13 bits per heavy atom. The zero-order valence-electron chi connectivity index (χ0n) is 8.58. The number of hydrogen-bond donors (Lipinski definition) is 1.